The molecule has 2 rings (SSSR count). The smallest absolute Gasteiger partial charge is 0.146 e. The molecular weight excluding hydrogens is 166 g/mol. The Bertz CT molecular complexity index is 187. The van der Waals surface area contributed by atoms with Crippen LogP contribution in [0.3, 0.4) is 0 Å². The van der Waals surface area contributed by atoms with Crippen molar-refractivity contribution in [3.8, 4) is 0 Å². The van der Waals surface area contributed by atoms with Crippen molar-refractivity contribution in [1.82, 2.24) is 4.90 Å². The van der Waals surface area contributed by atoms with E-state index in [0.717, 1.165) is 32.5 Å². The molecule has 3 nitrogen and oxygen atoms in total. The highest BCUT2D eigenvalue weighted by atomic mass is 16.5. The van der Waals surface area contributed by atoms with E-state index in [-0.39, 0.29) is 0 Å². The highest BCUT2D eigenvalue weighted by molar-refractivity contribution is 5.81. The van der Waals surface area contributed by atoms with Crippen molar-refractivity contribution in [2.24, 2.45) is 0 Å². The van der Waals surface area contributed by atoms with Gasteiger partial charge < -0.3 is 4.74 Å². The third-order valence-corrected chi connectivity index (χ3v) is 2.82. The number of ketones is 1. The minimum atomic E-state index is 0.393. The van der Waals surface area contributed by atoms with Gasteiger partial charge in [0.15, 0.2) is 0 Å². The number of nitrogens with zero attached hydrogens (tertiary/aromatic N) is 1. The van der Waals surface area contributed by atoms with E-state index in [4.69, 9.17) is 4.74 Å². The van der Waals surface area contributed by atoms with Crippen molar-refractivity contribution in [2.75, 3.05) is 26.2 Å². The number of rotatable bonds is 2. The standard InChI is InChI=1S/C10H17NO2/c12-9-3-1-5-11(7-9)8-10-4-2-6-13-10/h10H,1-8H2. The number of ether oxygens (including phenoxy) is 1. The van der Waals surface area contributed by atoms with E-state index in [0.29, 0.717) is 18.4 Å². The van der Waals surface area contributed by atoms with E-state index in [1.807, 2.05) is 0 Å². The molecule has 74 valence electrons. The first-order chi connectivity index (χ1) is 6.34. The number of hydrogen-bond donors (Lipinski definition) is 0. The maximum atomic E-state index is 11.2. The minimum absolute atomic E-state index is 0.393. The Hall–Kier alpha value is -0.410. The molecule has 0 bridgehead atoms. The molecule has 0 aromatic carbocycles. The van der Waals surface area contributed by atoms with E-state index < -0.39 is 0 Å². The fourth-order valence-corrected chi connectivity index (χ4v) is 2.14. The molecule has 2 saturated heterocycles. The van der Waals surface area contributed by atoms with Gasteiger partial charge in [0.2, 0.25) is 0 Å². The molecule has 1 atom stereocenters. The normalized spacial score (nSPS) is 31.1. The highest BCUT2D eigenvalue weighted by Gasteiger charge is 2.22. The summed E-state index contributed by atoms with van der Waals surface area (Å²) < 4.78 is 5.54. The Morgan fingerprint density at radius 3 is 3.08 bits per heavy atom. The topological polar surface area (TPSA) is 29.5 Å². The number of hydrogen-bond acceptors (Lipinski definition) is 3. The minimum Gasteiger partial charge on any atom is -0.377 e. The van der Waals surface area contributed by atoms with Crippen molar-refractivity contribution in [1.29, 1.82) is 0 Å². The molecule has 0 amide bonds. The lowest BCUT2D eigenvalue weighted by atomic mass is 10.1. The van der Waals surface area contributed by atoms with E-state index in [2.05, 4.69) is 4.90 Å². The summed E-state index contributed by atoms with van der Waals surface area (Å²) in [6, 6.07) is 0. The van der Waals surface area contributed by atoms with Crippen LogP contribution in [-0.2, 0) is 9.53 Å². The molecule has 1 unspecified atom stereocenters. The molecule has 0 aromatic heterocycles. The van der Waals surface area contributed by atoms with Crippen LogP contribution in [0.15, 0.2) is 0 Å². The van der Waals surface area contributed by atoms with E-state index >= 15 is 0 Å². The highest BCUT2D eigenvalue weighted by Crippen LogP contribution is 2.15. The van der Waals surface area contributed by atoms with Crippen molar-refractivity contribution in [3.63, 3.8) is 0 Å². The number of carbonyl (C=O) groups is 1. The Labute approximate surface area is 79.0 Å². The molecule has 0 saturated carbocycles. The summed E-state index contributed by atoms with van der Waals surface area (Å²) in [5.41, 5.74) is 0. The third kappa shape index (κ3) is 2.51. The second-order valence-corrected chi connectivity index (χ2v) is 4.01. The van der Waals surface area contributed by atoms with Crippen molar-refractivity contribution in [2.45, 2.75) is 31.8 Å². The third-order valence-electron chi connectivity index (χ3n) is 2.82. The maximum Gasteiger partial charge on any atom is 0.146 e. The summed E-state index contributed by atoms with van der Waals surface area (Å²) in [7, 11) is 0. The van der Waals surface area contributed by atoms with Gasteiger partial charge in [0.05, 0.1) is 12.6 Å². The Kier molecular flexibility index (Phi) is 2.96. The summed E-state index contributed by atoms with van der Waals surface area (Å²) in [5.74, 6) is 0.393. The van der Waals surface area contributed by atoms with Crippen molar-refractivity contribution >= 4 is 5.78 Å². The van der Waals surface area contributed by atoms with E-state index in [9.17, 15) is 4.79 Å². The van der Waals surface area contributed by atoms with Crippen molar-refractivity contribution in [3.05, 3.63) is 0 Å². The summed E-state index contributed by atoms with van der Waals surface area (Å²) in [6.07, 6.45) is 4.57. The fraction of sp³-hybridized carbons (Fsp3) is 0.900. The molecule has 0 N–H and O–H groups in total. The molecule has 2 aliphatic rings. The lowest BCUT2D eigenvalue weighted by Crippen LogP contribution is -2.40. The Balaban J connectivity index is 1.76. The predicted octanol–water partition coefficient (Wildman–Crippen LogP) is 0.830. The van der Waals surface area contributed by atoms with Gasteiger partial charge in [-0.15, -0.1) is 0 Å². The molecule has 0 aromatic rings. The zero-order chi connectivity index (χ0) is 9.10. The SMILES string of the molecule is O=C1CCCN(CC2CCCO2)C1. The molecular formula is C10H17NO2. The van der Waals surface area contributed by atoms with Gasteiger partial charge in [0, 0.05) is 19.6 Å². The van der Waals surface area contributed by atoms with Crippen LogP contribution >= 0.6 is 0 Å². The van der Waals surface area contributed by atoms with Gasteiger partial charge in [-0.1, -0.05) is 0 Å². The van der Waals surface area contributed by atoms with Crippen LogP contribution in [0.1, 0.15) is 25.7 Å². The van der Waals surface area contributed by atoms with Crippen LogP contribution in [0, 0.1) is 0 Å². The molecule has 3 heteroatoms. The van der Waals surface area contributed by atoms with Crippen LogP contribution in [0.25, 0.3) is 0 Å². The molecule has 0 aliphatic carbocycles. The first-order valence-electron chi connectivity index (χ1n) is 5.20. The zero-order valence-electron chi connectivity index (χ0n) is 8.00. The Morgan fingerprint density at radius 2 is 2.38 bits per heavy atom. The van der Waals surface area contributed by atoms with Crippen LogP contribution in [-0.4, -0.2) is 43.0 Å². The van der Waals surface area contributed by atoms with Gasteiger partial charge in [-0.25, -0.2) is 0 Å². The number of Topliss-reactive ketones (excluding diaryl/α,β-unsaturated/α-hetero) is 1. The van der Waals surface area contributed by atoms with Crippen LogP contribution < -0.4 is 0 Å². The molecule has 2 heterocycles. The molecule has 2 fully saturated rings. The van der Waals surface area contributed by atoms with E-state index in [1.54, 1.807) is 0 Å². The van der Waals surface area contributed by atoms with Crippen LogP contribution in [0.4, 0.5) is 0 Å². The number of carbonyl (C=O) groups excluding carboxylic acids is 1. The Morgan fingerprint density at radius 1 is 1.46 bits per heavy atom. The summed E-state index contributed by atoms with van der Waals surface area (Å²) in [4.78, 5) is 13.4. The first-order valence-corrected chi connectivity index (χ1v) is 5.20. The summed E-state index contributed by atoms with van der Waals surface area (Å²) in [5, 5.41) is 0. The van der Waals surface area contributed by atoms with Gasteiger partial charge in [-0.3, -0.25) is 9.69 Å². The summed E-state index contributed by atoms with van der Waals surface area (Å²) >= 11 is 0. The molecule has 0 spiro atoms. The van der Waals surface area contributed by atoms with Gasteiger partial charge in [-0.05, 0) is 25.8 Å². The van der Waals surface area contributed by atoms with Crippen LogP contribution in [0.5, 0.6) is 0 Å². The van der Waals surface area contributed by atoms with Gasteiger partial charge in [-0.2, -0.15) is 0 Å². The van der Waals surface area contributed by atoms with Crippen LogP contribution in [0.2, 0.25) is 0 Å². The lowest BCUT2D eigenvalue weighted by molar-refractivity contribution is -0.122. The number of likely N-dealkylation sites (tertiary alicyclic amines) is 1. The first kappa shape index (κ1) is 9.16. The van der Waals surface area contributed by atoms with Gasteiger partial charge >= 0.3 is 0 Å². The quantitative estimate of drug-likeness (QED) is 0.635. The molecule has 13 heavy (non-hydrogen) atoms. The largest absolute Gasteiger partial charge is 0.377 e. The van der Waals surface area contributed by atoms with Gasteiger partial charge in [0.25, 0.3) is 0 Å². The fourth-order valence-electron chi connectivity index (χ4n) is 2.14. The second kappa shape index (κ2) is 4.20. The van der Waals surface area contributed by atoms with E-state index in [1.165, 1.54) is 12.8 Å². The lowest BCUT2D eigenvalue weighted by Gasteiger charge is -2.27. The molecule has 2 aliphatic heterocycles. The zero-order valence-corrected chi connectivity index (χ0v) is 8.00. The number of piperidine rings is 1. The monoisotopic (exact) mass is 183 g/mol. The summed E-state index contributed by atoms with van der Waals surface area (Å²) in [6.45, 7) is 3.60. The average Bonchev–Trinajstić information content (AvgIpc) is 2.57. The average molecular weight is 183 g/mol. The van der Waals surface area contributed by atoms with Gasteiger partial charge in [0.1, 0.15) is 5.78 Å². The molecule has 0 radical (unpaired) electrons. The predicted molar refractivity (Wildman–Crippen MR) is 49.7 cm³/mol. The maximum absolute atomic E-state index is 11.2. The van der Waals surface area contributed by atoms with Crippen molar-refractivity contribution < 1.29 is 9.53 Å². The second-order valence-electron chi connectivity index (χ2n) is 4.01.